The van der Waals surface area contributed by atoms with Crippen LogP contribution in [0.3, 0.4) is 0 Å². The summed E-state index contributed by atoms with van der Waals surface area (Å²) in [5.74, 6) is 0.455. The number of benzene rings is 1. The number of halogens is 1. The van der Waals surface area contributed by atoms with E-state index in [1.165, 1.54) is 0 Å². The molecule has 5 heteroatoms. The molecule has 1 aliphatic rings. The zero-order valence-corrected chi connectivity index (χ0v) is 11.7. The summed E-state index contributed by atoms with van der Waals surface area (Å²) in [4.78, 5) is 11.9. The van der Waals surface area contributed by atoms with Gasteiger partial charge in [0, 0.05) is 35.5 Å². The Morgan fingerprint density at radius 2 is 2.17 bits per heavy atom. The molecule has 0 saturated carbocycles. The van der Waals surface area contributed by atoms with Crippen molar-refractivity contribution in [3.8, 4) is 0 Å². The van der Waals surface area contributed by atoms with Gasteiger partial charge in [0.2, 0.25) is 0 Å². The summed E-state index contributed by atoms with van der Waals surface area (Å²) in [5.41, 5.74) is 6.93. The first-order valence-corrected chi connectivity index (χ1v) is 6.87. The van der Waals surface area contributed by atoms with Crippen LogP contribution < -0.4 is 11.1 Å². The monoisotopic (exact) mass is 312 g/mol. The third-order valence-electron chi connectivity index (χ3n) is 3.15. The van der Waals surface area contributed by atoms with Gasteiger partial charge in [0.25, 0.3) is 5.91 Å². The summed E-state index contributed by atoms with van der Waals surface area (Å²) in [6.07, 6.45) is 2.03. The number of rotatable bonds is 3. The Hall–Kier alpha value is -1.07. The van der Waals surface area contributed by atoms with E-state index in [9.17, 15) is 4.79 Å². The molecule has 1 aromatic rings. The van der Waals surface area contributed by atoms with Gasteiger partial charge in [-0.25, -0.2) is 0 Å². The maximum atomic E-state index is 11.9. The Balaban J connectivity index is 1.88. The normalized spacial score (nSPS) is 16.5. The Kier molecular flexibility index (Phi) is 4.60. The molecule has 18 heavy (non-hydrogen) atoms. The van der Waals surface area contributed by atoms with E-state index >= 15 is 0 Å². The van der Waals surface area contributed by atoms with Gasteiger partial charge in [-0.05, 0) is 52.9 Å². The largest absolute Gasteiger partial charge is 0.398 e. The lowest BCUT2D eigenvalue weighted by Crippen LogP contribution is -2.32. The summed E-state index contributed by atoms with van der Waals surface area (Å²) >= 11 is 3.31. The summed E-state index contributed by atoms with van der Waals surface area (Å²) in [7, 11) is 0. The molecule has 1 amide bonds. The van der Waals surface area contributed by atoms with E-state index in [0.29, 0.717) is 23.7 Å². The van der Waals surface area contributed by atoms with Crippen molar-refractivity contribution in [2.24, 2.45) is 5.92 Å². The summed E-state index contributed by atoms with van der Waals surface area (Å²) < 4.78 is 6.09. The molecule has 0 atom stereocenters. The first-order chi connectivity index (χ1) is 8.66. The minimum absolute atomic E-state index is 0.0688. The number of nitrogen functional groups attached to an aromatic ring is 1. The molecule has 2 rings (SSSR count). The summed E-state index contributed by atoms with van der Waals surface area (Å²) in [6, 6.07) is 5.24. The minimum atomic E-state index is -0.0688. The molecule has 0 aromatic heterocycles. The van der Waals surface area contributed by atoms with Gasteiger partial charge in [-0.15, -0.1) is 0 Å². The lowest BCUT2D eigenvalue weighted by Gasteiger charge is -2.22. The Labute approximate surface area is 115 Å². The van der Waals surface area contributed by atoms with Crippen molar-refractivity contribution in [1.82, 2.24) is 5.32 Å². The van der Waals surface area contributed by atoms with Crippen molar-refractivity contribution in [1.29, 1.82) is 0 Å². The number of carbonyl (C=O) groups excluding carboxylic acids is 1. The number of hydrogen-bond acceptors (Lipinski definition) is 3. The second-order valence-corrected chi connectivity index (χ2v) is 5.36. The lowest BCUT2D eigenvalue weighted by molar-refractivity contribution is 0.0642. The van der Waals surface area contributed by atoms with Gasteiger partial charge in [-0.2, -0.15) is 0 Å². The predicted molar refractivity (Wildman–Crippen MR) is 74.4 cm³/mol. The highest BCUT2D eigenvalue weighted by atomic mass is 79.9. The molecule has 0 aliphatic carbocycles. The topological polar surface area (TPSA) is 64.4 Å². The zero-order chi connectivity index (χ0) is 13.0. The van der Waals surface area contributed by atoms with E-state index in [1.54, 1.807) is 18.2 Å². The van der Waals surface area contributed by atoms with Crippen molar-refractivity contribution >= 4 is 27.5 Å². The van der Waals surface area contributed by atoms with Crippen LogP contribution in [-0.2, 0) is 4.74 Å². The van der Waals surface area contributed by atoms with Crippen molar-refractivity contribution in [2.45, 2.75) is 12.8 Å². The number of anilines is 1. The number of ether oxygens (including phenoxy) is 1. The standard InChI is InChI=1S/C13H17BrN2O2/c14-11-2-1-10(7-12(11)15)13(17)16-8-9-3-5-18-6-4-9/h1-2,7,9H,3-6,8,15H2,(H,16,17). The third kappa shape index (κ3) is 3.46. The van der Waals surface area contributed by atoms with E-state index in [4.69, 9.17) is 10.5 Å². The number of nitrogens with one attached hydrogen (secondary N) is 1. The molecule has 0 spiro atoms. The number of nitrogens with two attached hydrogens (primary N) is 1. The van der Waals surface area contributed by atoms with E-state index in [-0.39, 0.29) is 5.91 Å². The minimum Gasteiger partial charge on any atom is -0.398 e. The number of amides is 1. The second-order valence-electron chi connectivity index (χ2n) is 4.50. The van der Waals surface area contributed by atoms with Crippen molar-refractivity contribution in [3.05, 3.63) is 28.2 Å². The maximum absolute atomic E-state index is 11.9. The molecule has 98 valence electrons. The van der Waals surface area contributed by atoms with Crippen molar-refractivity contribution in [2.75, 3.05) is 25.5 Å². The molecule has 4 nitrogen and oxygen atoms in total. The summed E-state index contributed by atoms with van der Waals surface area (Å²) in [5, 5.41) is 2.95. The van der Waals surface area contributed by atoms with Gasteiger partial charge >= 0.3 is 0 Å². The van der Waals surface area contributed by atoms with Gasteiger partial charge in [-0.3, -0.25) is 4.79 Å². The lowest BCUT2D eigenvalue weighted by atomic mass is 10.0. The molecule has 0 radical (unpaired) electrons. The van der Waals surface area contributed by atoms with Crippen LogP contribution in [0.15, 0.2) is 22.7 Å². The first kappa shape index (κ1) is 13.4. The molecule has 1 saturated heterocycles. The van der Waals surface area contributed by atoms with Crippen LogP contribution in [0.5, 0.6) is 0 Å². The predicted octanol–water partition coefficient (Wildman–Crippen LogP) is 2.19. The van der Waals surface area contributed by atoms with E-state index < -0.39 is 0 Å². The highest BCUT2D eigenvalue weighted by Crippen LogP contribution is 2.20. The average molecular weight is 313 g/mol. The van der Waals surface area contributed by atoms with Crippen LogP contribution in [0.25, 0.3) is 0 Å². The van der Waals surface area contributed by atoms with Gasteiger partial charge < -0.3 is 15.8 Å². The molecule has 0 unspecified atom stereocenters. The highest BCUT2D eigenvalue weighted by molar-refractivity contribution is 9.10. The fraction of sp³-hybridized carbons (Fsp3) is 0.462. The van der Waals surface area contributed by atoms with E-state index in [0.717, 1.165) is 30.5 Å². The van der Waals surface area contributed by atoms with Crippen LogP contribution in [0, 0.1) is 5.92 Å². The Morgan fingerprint density at radius 1 is 1.44 bits per heavy atom. The Bertz CT molecular complexity index is 431. The molecular weight excluding hydrogens is 296 g/mol. The van der Waals surface area contributed by atoms with Crippen LogP contribution in [0.2, 0.25) is 0 Å². The molecule has 3 N–H and O–H groups in total. The Morgan fingerprint density at radius 3 is 2.83 bits per heavy atom. The molecular formula is C13H17BrN2O2. The van der Waals surface area contributed by atoms with Crippen molar-refractivity contribution < 1.29 is 9.53 Å². The van der Waals surface area contributed by atoms with Gasteiger partial charge in [0.05, 0.1) is 0 Å². The number of carbonyl (C=O) groups is 1. The van der Waals surface area contributed by atoms with Crippen molar-refractivity contribution in [3.63, 3.8) is 0 Å². The van der Waals surface area contributed by atoms with E-state index in [2.05, 4.69) is 21.2 Å². The smallest absolute Gasteiger partial charge is 0.251 e. The fourth-order valence-corrected chi connectivity index (χ4v) is 2.22. The van der Waals surface area contributed by atoms with E-state index in [1.807, 2.05) is 0 Å². The second kappa shape index (κ2) is 6.20. The quantitative estimate of drug-likeness (QED) is 0.841. The average Bonchev–Trinajstić information content (AvgIpc) is 2.40. The van der Waals surface area contributed by atoms with Gasteiger partial charge in [0.15, 0.2) is 0 Å². The zero-order valence-electron chi connectivity index (χ0n) is 10.1. The summed E-state index contributed by atoms with van der Waals surface area (Å²) in [6.45, 7) is 2.30. The highest BCUT2D eigenvalue weighted by Gasteiger charge is 2.15. The number of hydrogen-bond donors (Lipinski definition) is 2. The van der Waals surface area contributed by atoms with Crippen LogP contribution in [0.4, 0.5) is 5.69 Å². The molecule has 1 aromatic carbocycles. The van der Waals surface area contributed by atoms with Gasteiger partial charge in [-0.1, -0.05) is 0 Å². The first-order valence-electron chi connectivity index (χ1n) is 6.08. The van der Waals surface area contributed by atoms with Crippen LogP contribution >= 0.6 is 15.9 Å². The van der Waals surface area contributed by atoms with Crippen LogP contribution in [-0.4, -0.2) is 25.7 Å². The molecule has 1 heterocycles. The third-order valence-corrected chi connectivity index (χ3v) is 3.87. The van der Waals surface area contributed by atoms with Crippen LogP contribution in [0.1, 0.15) is 23.2 Å². The SMILES string of the molecule is Nc1cc(C(=O)NCC2CCOCC2)ccc1Br. The molecule has 0 bridgehead atoms. The molecule has 1 aliphatic heterocycles. The fourth-order valence-electron chi connectivity index (χ4n) is 1.97. The van der Waals surface area contributed by atoms with Gasteiger partial charge in [0.1, 0.15) is 0 Å². The molecule has 1 fully saturated rings. The maximum Gasteiger partial charge on any atom is 0.251 e.